The molecule has 1 heterocycles. The van der Waals surface area contributed by atoms with Crippen LogP contribution in [0.3, 0.4) is 0 Å². The van der Waals surface area contributed by atoms with E-state index in [2.05, 4.69) is 0 Å². The number of carbonyl (C=O) groups excluding carboxylic acids is 3. The molecule has 1 unspecified atom stereocenters. The largest absolute Gasteiger partial charge is 0.331 e. The molecule has 1 aromatic carbocycles. The second kappa shape index (κ2) is 4.64. The molecule has 0 aliphatic carbocycles. The monoisotopic (exact) mass is 259 g/mol. The lowest BCUT2D eigenvalue weighted by atomic mass is 9.93. The summed E-state index contributed by atoms with van der Waals surface area (Å²) in [5.41, 5.74) is 0.349. The van der Waals surface area contributed by atoms with Crippen molar-refractivity contribution in [2.45, 2.75) is 0 Å². The van der Waals surface area contributed by atoms with Crippen molar-refractivity contribution in [3.63, 3.8) is 0 Å². The summed E-state index contributed by atoms with van der Waals surface area (Å²) in [6.45, 7) is 0. The maximum Gasteiger partial charge on any atom is 0.331 e. The Hall–Kier alpha value is -2.50. The van der Waals surface area contributed by atoms with Crippen LogP contribution in [0.4, 0.5) is 4.79 Å². The van der Waals surface area contributed by atoms with Crippen molar-refractivity contribution < 1.29 is 14.4 Å². The Morgan fingerprint density at radius 3 is 2.26 bits per heavy atom. The number of benzene rings is 1. The molecule has 2 rings (SSSR count). The Kier molecular flexibility index (Phi) is 3.16. The highest BCUT2D eigenvalue weighted by molar-refractivity contribution is 6.30. The minimum absolute atomic E-state index is 0.290. The summed E-state index contributed by atoms with van der Waals surface area (Å²) in [7, 11) is 2.68. The van der Waals surface area contributed by atoms with Gasteiger partial charge in [-0.3, -0.25) is 24.8 Å². The Morgan fingerprint density at radius 1 is 1.11 bits per heavy atom. The molecule has 0 spiro atoms. The standard InChI is InChI=1S/C13H13N3O3/c1-15-11(14)9(12(18)16(2)13(15)19)10(17)8-6-4-3-5-7-8/h3-7,9,14H,1-2H3. The lowest BCUT2D eigenvalue weighted by Gasteiger charge is -2.34. The van der Waals surface area contributed by atoms with Crippen molar-refractivity contribution >= 4 is 23.6 Å². The third-order valence-corrected chi connectivity index (χ3v) is 3.11. The number of carbonyl (C=O) groups is 3. The van der Waals surface area contributed by atoms with Crippen molar-refractivity contribution in [1.29, 1.82) is 5.41 Å². The van der Waals surface area contributed by atoms with Gasteiger partial charge in [0.25, 0.3) is 0 Å². The average Bonchev–Trinajstić information content (AvgIpc) is 2.44. The second-order valence-electron chi connectivity index (χ2n) is 4.29. The van der Waals surface area contributed by atoms with Crippen molar-refractivity contribution in [2.24, 2.45) is 5.92 Å². The van der Waals surface area contributed by atoms with Crippen LogP contribution in [0.2, 0.25) is 0 Å². The lowest BCUT2D eigenvalue weighted by Crippen LogP contribution is -2.58. The number of Topliss-reactive ketones (excluding diaryl/α,β-unsaturated/α-hetero) is 1. The van der Waals surface area contributed by atoms with E-state index in [9.17, 15) is 14.4 Å². The number of hydrogen-bond acceptors (Lipinski definition) is 4. The number of rotatable bonds is 2. The molecule has 1 fully saturated rings. The molecule has 1 N–H and O–H groups in total. The summed E-state index contributed by atoms with van der Waals surface area (Å²) in [6, 6.07) is 7.68. The van der Waals surface area contributed by atoms with Crippen LogP contribution in [-0.2, 0) is 4.79 Å². The van der Waals surface area contributed by atoms with Crippen LogP contribution in [0.1, 0.15) is 10.4 Å². The van der Waals surface area contributed by atoms with Crippen LogP contribution in [0.25, 0.3) is 0 Å². The third-order valence-electron chi connectivity index (χ3n) is 3.11. The molecule has 1 aliphatic rings. The maximum atomic E-state index is 12.3. The molecule has 1 aromatic rings. The average molecular weight is 259 g/mol. The number of urea groups is 1. The van der Waals surface area contributed by atoms with E-state index < -0.39 is 23.6 Å². The van der Waals surface area contributed by atoms with Gasteiger partial charge in [0, 0.05) is 19.7 Å². The predicted molar refractivity (Wildman–Crippen MR) is 67.9 cm³/mol. The molecule has 1 saturated heterocycles. The SMILES string of the molecule is CN1C(=N)C(C(=O)c2ccccc2)C(=O)N(C)C1=O. The summed E-state index contributed by atoms with van der Waals surface area (Å²) < 4.78 is 0. The number of nitrogens with one attached hydrogen (secondary N) is 1. The first-order chi connectivity index (χ1) is 8.95. The fraction of sp³-hybridized carbons (Fsp3) is 0.231. The molecular weight excluding hydrogens is 246 g/mol. The van der Waals surface area contributed by atoms with E-state index in [1.165, 1.54) is 14.1 Å². The molecular formula is C13H13N3O3. The van der Waals surface area contributed by atoms with Crippen molar-refractivity contribution in [2.75, 3.05) is 14.1 Å². The third kappa shape index (κ3) is 2.01. The minimum Gasteiger partial charge on any atom is -0.293 e. The van der Waals surface area contributed by atoms with Crippen molar-refractivity contribution in [3.05, 3.63) is 35.9 Å². The number of imide groups is 1. The topological polar surface area (TPSA) is 81.5 Å². The van der Waals surface area contributed by atoms with E-state index in [1.807, 2.05) is 0 Å². The fourth-order valence-electron chi connectivity index (χ4n) is 1.93. The van der Waals surface area contributed by atoms with Gasteiger partial charge >= 0.3 is 6.03 Å². The van der Waals surface area contributed by atoms with E-state index >= 15 is 0 Å². The highest BCUT2D eigenvalue weighted by atomic mass is 16.2. The fourth-order valence-corrected chi connectivity index (χ4v) is 1.93. The first kappa shape index (κ1) is 12.9. The first-order valence-corrected chi connectivity index (χ1v) is 5.68. The van der Waals surface area contributed by atoms with E-state index in [4.69, 9.17) is 5.41 Å². The van der Waals surface area contributed by atoms with Crippen molar-refractivity contribution in [3.8, 4) is 0 Å². The van der Waals surface area contributed by atoms with Crippen LogP contribution in [0, 0.1) is 11.3 Å². The van der Waals surface area contributed by atoms with Gasteiger partial charge in [0.1, 0.15) is 5.84 Å². The zero-order valence-corrected chi connectivity index (χ0v) is 10.6. The van der Waals surface area contributed by atoms with Crippen molar-refractivity contribution in [1.82, 2.24) is 9.80 Å². The summed E-state index contributed by atoms with van der Waals surface area (Å²) >= 11 is 0. The number of ketones is 1. The van der Waals surface area contributed by atoms with Gasteiger partial charge in [-0.1, -0.05) is 30.3 Å². The summed E-state index contributed by atoms with van der Waals surface area (Å²) in [5, 5.41) is 7.82. The van der Waals surface area contributed by atoms with Crippen LogP contribution in [-0.4, -0.2) is 47.5 Å². The van der Waals surface area contributed by atoms with Gasteiger partial charge in [-0.05, 0) is 0 Å². The maximum absolute atomic E-state index is 12.3. The molecule has 98 valence electrons. The molecule has 19 heavy (non-hydrogen) atoms. The smallest absolute Gasteiger partial charge is 0.293 e. The predicted octanol–water partition coefficient (Wildman–Crippen LogP) is 0.987. The molecule has 6 heteroatoms. The summed E-state index contributed by atoms with van der Waals surface area (Å²) in [5.74, 6) is -2.68. The van der Waals surface area contributed by atoms with Gasteiger partial charge in [-0.2, -0.15) is 0 Å². The van der Waals surface area contributed by atoms with Gasteiger partial charge in [-0.15, -0.1) is 0 Å². The Balaban J connectivity index is 2.38. The Bertz CT molecular complexity index is 544. The van der Waals surface area contributed by atoms with E-state index in [0.29, 0.717) is 5.56 Å². The van der Waals surface area contributed by atoms with E-state index in [-0.39, 0.29) is 5.84 Å². The molecule has 3 amide bonds. The van der Waals surface area contributed by atoms with Crippen LogP contribution in [0.5, 0.6) is 0 Å². The molecule has 1 aliphatic heterocycles. The minimum atomic E-state index is -1.25. The number of nitrogens with zero attached hydrogens (tertiary/aromatic N) is 2. The van der Waals surface area contributed by atoms with Gasteiger partial charge in [0.05, 0.1) is 0 Å². The van der Waals surface area contributed by atoms with Crippen LogP contribution >= 0.6 is 0 Å². The number of hydrogen-bond donors (Lipinski definition) is 1. The molecule has 1 atom stereocenters. The highest BCUT2D eigenvalue weighted by Crippen LogP contribution is 2.19. The molecule has 6 nitrogen and oxygen atoms in total. The van der Waals surface area contributed by atoms with Crippen LogP contribution < -0.4 is 0 Å². The van der Waals surface area contributed by atoms with Gasteiger partial charge in [-0.25, -0.2) is 4.79 Å². The quantitative estimate of drug-likeness (QED) is 0.635. The molecule has 0 radical (unpaired) electrons. The highest BCUT2D eigenvalue weighted by Gasteiger charge is 2.44. The molecule has 0 bridgehead atoms. The first-order valence-electron chi connectivity index (χ1n) is 5.68. The van der Waals surface area contributed by atoms with E-state index in [1.54, 1.807) is 30.3 Å². The van der Waals surface area contributed by atoms with E-state index in [0.717, 1.165) is 9.80 Å². The summed E-state index contributed by atoms with van der Waals surface area (Å²) in [6.07, 6.45) is 0. The van der Waals surface area contributed by atoms with Gasteiger partial charge in [0.2, 0.25) is 5.91 Å². The lowest BCUT2D eigenvalue weighted by molar-refractivity contribution is -0.129. The number of amides is 3. The Morgan fingerprint density at radius 2 is 1.68 bits per heavy atom. The van der Waals surface area contributed by atoms with Gasteiger partial charge < -0.3 is 0 Å². The molecule has 0 saturated carbocycles. The van der Waals surface area contributed by atoms with Crippen LogP contribution in [0.15, 0.2) is 30.3 Å². The Labute approximate surface area is 110 Å². The normalized spacial score (nSPS) is 19.9. The second-order valence-corrected chi connectivity index (χ2v) is 4.29. The van der Waals surface area contributed by atoms with Gasteiger partial charge in [0.15, 0.2) is 11.7 Å². The zero-order valence-electron chi connectivity index (χ0n) is 10.6. The summed E-state index contributed by atoms with van der Waals surface area (Å²) in [4.78, 5) is 37.8. The number of amidine groups is 1. The zero-order chi connectivity index (χ0) is 14.2. The molecule has 0 aromatic heterocycles.